The number of benzene rings is 2. The molecule has 27 heavy (non-hydrogen) atoms. The van der Waals surface area contributed by atoms with Crippen molar-refractivity contribution >= 4 is 33.5 Å². The van der Waals surface area contributed by atoms with Gasteiger partial charge in [0.2, 0.25) is 11.8 Å². The summed E-state index contributed by atoms with van der Waals surface area (Å²) >= 11 is 1.45. The lowest BCUT2D eigenvalue weighted by atomic mass is 10.2. The lowest BCUT2D eigenvalue weighted by Crippen LogP contribution is -2.14. The molecule has 0 fully saturated rings. The van der Waals surface area contributed by atoms with E-state index in [0.29, 0.717) is 5.75 Å². The van der Waals surface area contributed by atoms with Crippen molar-refractivity contribution in [3.8, 4) is 0 Å². The second-order valence-corrected chi connectivity index (χ2v) is 8.57. The van der Waals surface area contributed by atoms with Crippen molar-refractivity contribution in [1.29, 1.82) is 0 Å². The Kier molecular flexibility index (Phi) is 6.25. The normalized spacial score (nSPS) is 11.3. The molecule has 0 atom stereocenters. The van der Waals surface area contributed by atoms with E-state index >= 15 is 0 Å². The number of hydrogen-bond donors (Lipinski definition) is 1. The van der Waals surface area contributed by atoms with E-state index in [1.807, 2.05) is 30.3 Å². The molecule has 3 aromatic rings. The van der Waals surface area contributed by atoms with Crippen molar-refractivity contribution in [3.63, 3.8) is 0 Å². The van der Waals surface area contributed by atoms with Gasteiger partial charge in [0.15, 0.2) is 9.84 Å². The van der Waals surface area contributed by atoms with Crippen LogP contribution in [0, 0.1) is 0 Å². The fraction of sp³-hybridized carbons (Fsp3) is 0.167. The summed E-state index contributed by atoms with van der Waals surface area (Å²) in [7, 11) is -3.59. The molecule has 140 valence electrons. The van der Waals surface area contributed by atoms with Gasteiger partial charge in [-0.25, -0.2) is 8.42 Å². The Morgan fingerprint density at radius 1 is 1.00 bits per heavy atom. The third-order valence-corrected chi connectivity index (χ3v) is 6.09. The van der Waals surface area contributed by atoms with E-state index in [-0.39, 0.29) is 28.5 Å². The van der Waals surface area contributed by atoms with Crippen LogP contribution in [0.1, 0.15) is 11.5 Å². The van der Waals surface area contributed by atoms with Gasteiger partial charge in [-0.05, 0) is 17.7 Å². The molecule has 0 aliphatic heterocycles. The number of rotatable bonds is 8. The summed E-state index contributed by atoms with van der Waals surface area (Å²) < 4.78 is 29.8. The minimum absolute atomic E-state index is 0.0777. The zero-order chi connectivity index (χ0) is 19.1. The van der Waals surface area contributed by atoms with Gasteiger partial charge < -0.3 is 4.42 Å². The molecule has 7 nitrogen and oxygen atoms in total. The van der Waals surface area contributed by atoms with Gasteiger partial charge in [-0.15, -0.1) is 16.9 Å². The Morgan fingerprint density at radius 3 is 2.37 bits per heavy atom. The molecular formula is C18H17N3O4S2. The van der Waals surface area contributed by atoms with Gasteiger partial charge in [-0.2, -0.15) is 0 Å². The number of carbonyl (C=O) groups excluding carboxylic acids is 1. The zero-order valence-corrected chi connectivity index (χ0v) is 15.9. The highest BCUT2D eigenvalue weighted by molar-refractivity contribution is 7.99. The van der Waals surface area contributed by atoms with Crippen LogP contribution < -0.4 is 5.32 Å². The van der Waals surface area contributed by atoms with Crippen molar-refractivity contribution in [2.45, 2.75) is 16.4 Å². The van der Waals surface area contributed by atoms with Crippen molar-refractivity contribution in [2.24, 2.45) is 0 Å². The first-order chi connectivity index (χ1) is 13.0. The van der Waals surface area contributed by atoms with Crippen molar-refractivity contribution in [1.82, 2.24) is 10.2 Å². The predicted octanol–water partition coefficient (Wildman–Crippen LogP) is 2.92. The number of carbonyl (C=O) groups is 1. The third-order valence-electron chi connectivity index (χ3n) is 3.47. The number of sulfone groups is 1. The maximum atomic E-state index is 12.3. The summed E-state index contributed by atoms with van der Waals surface area (Å²) in [6, 6.07) is 17.7. The summed E-state index contributed by atoms with van der Waals surface area (Å²) in [5.41, 5.74) is 1.13. The average molecular weight is 403 g/mol. The zero-order valence-electron chi connectivity index (χ0n) is 14.2. The summed E-state index contributed by atoms with van der Waals surface area (Å²) in [5.74, 6) is 0.124. The Morgan fingerprint density at radius 2 is 1.67 bits per heavy atom. The van der Waals surface area contributed by atoms with E-state index < -0.39 is 15.6 Å². The lowest BCUT2D eigenvalue weighted by molar-refractivity contribution is -0.113. The fourth-order valence-electron chi connectivity index (χ4n) is 2.23. The van der Waals surface area contributed by atoms with Crippen LogP contribution in [0.2, 0.25) is 0 Å². The van der Waals surface area contributed by atoms with Crippen LogP contribution in [0.15, 0.2) is 70.0 Å². The predicted molar refractivity (Wildman–Crippen MR) is 103 cm³/mol. The Bertz CT molecular complexity index is 990. The summed E-state index contributed by atoms with van der Waals surface area (Å²) in [5, 5.41) is 9.85. The van der Waals surface area contributed by atoms with Crippen LogP contribution in [0.3, 0.4) is 0 Å². The first-order valence-corrected chi connectivity index (χ1v) is 10.9. The van der Waals surface area contributed by atoms with Gasteiger partial charge in [-0.3, -0.25) is 10.1 Å². The molecule has 9 heteroatoms. The van der Waals surface area contributed by atoms with Gasteiger partial charge >= 0.3 is 6.01 Å². The fourth-order valence-corrected chi connectivity index (χ4v) is 4.20. The van der Waals surface area contributed by atoms with E-state index in [9.17, 15) is 13.2 Å². The number of anilines is 1. The molecule has 0 saturated carbocycles. The molecular weight excluding hydrogens is 386 g/mol. The van der Waals surface area contributed by atoms with Crippen LogP contribution in [0.25, 0.3) is 0 Å². The van der Waals surface area contributed by atoms with Crippen LogP contribution in [0.4, 0.5) is 6.01 Å². The molecule has 0 spiro atoms. The molecule has 1 N–H and O–H groups in total. The van der Waals surface area contributed by atoms with Crippen molar-refractivity contribution in [2.75, 3.05) is 11.1 Å². The SMILES string of the molecule is O=C(CSCc1ccccc1)Nc1nnc(CS(=O)(=O)c2ccccc2)o1. The minimum Gasteiger partial charge on any atom is -0.407 e. The minimum atomic E-state index is -3.59. The van der Waals surface area contributed by atoms with Crippen LogP contribution in [-0.4, -0.2) is 30.3 Å². The van der Waals surface area contributed by atoms with Gasteiger partial charge in [0.1, 0.15) is 5.75 Å². The highest BCUT2D eigenvalue weighted by atomic mass is 32.2. The molecule has 0 radical (unpaired) electrons. The standard InChI is InChI=1S/C18H17N3O4S2/c22-16(12-26-11-14-7-3-1-4-8-14)19-18-21-20-17(25-18)13-27(23,24)15-9-5-2-6-10-15/h1-10H,11-13H2,(H,19,21,22). The second kappa shape index (κ2) is 8.83. The molecule has 0 aliphatic rings. The molecule has 2 aromatic carbocycles. The largest absolute Gasteiger partial charge is 0.407 e. The third kappa shape index (κ3) is 5.66. The van der Waals surface area contributed by atoms with Crippen LogP contribution in [-0.2, 0) is 26.1 Å². The molecule has 0 unspecified atom stereocenters. The highest BCUT2D eigenvalue weighted by Gasteiger charge is 2.20. The number of nitrogens with one attached hydrogen (secondary N) is 1. The van der Waals surface area contributed by atoms with Crippen LogP contribution in [0.5, 0.6) is 0 Å². The topological polar surface area (TPSA) is 102 Å². The van der Waals surface area contributed by atoms with Gasteiger partial charge in [0, 0.05) is 5.75 Å². The Balaban J connectivity index is 1.51. The maximum Gasteiger partial charge on any atom is 0.322 e. The van der Waals surface area contributed by atoms with Gasteiger partial charge in [0.25, 0.3) is 0 Å². The maximum absolute atomic E-state index is 12.3. The molecule has 1 heterocycles. The smallest absolute Gasteiger partial charge is 0.322 e. The number of aromatic nitrogens is 2. The quantitative estimate of drug-likeness (QED) is 0.617. The molecule has 0 aliphatic carbocycles. The lowest BCUT2D eigenvalue weighted by Gasteiger charge is -2.02. The monoisotopic (exact) mass is 403 g/mol. The van der Waals surface area contributed by atoms with E-state index in [4.69, 9.17) is 4.42 Å². The van der Waals surface area contributed by atoms with Gasteiger partial charge in [-0.1, -0.05) is 53.6 Å². The van der Waals surface area contributed by atoms with Gasteiger partial charge in [0.05, 0.1) is 10.6 Å². The van der Waals surface area contributed by atoms with E-state index in [0.717, 1.165) is 5.56 Å². The second-order valence-electron chi connectivity index (χ2n) is 5.60. The highest BCUT2D eigenvalue weighted by Crippen LogP contribution is 2.17. The van der Waals surface area contributed by atoms with Crippen LogP contribution >= 0.6 is 11.8 Å². The number of thioether (sulfide) groups is 1. The first-order valence-electron chi connectivity index (χ1n) is 8.05. The average Bonchev–Trinajstić information content (AvgIpc) is 3.09. The molecule has 0 saturated heterocycles. The Hall–Kier alpha value is -2.65. The van der Waals surface area contributed by atoms with Crippen molar-refractivity contribution in [3.05, 3.63) is 72.1 Å². The summed E-state index contributed by atoms with van der Waals surface area (Å²) in [6.07, 6.45) is 0. The molecule has 1 aromatic heterocycles. The van der Waals surface area contributed by atoms with E-state index in [2.05, 4.69) is 15.5 Å². The number of amides is 1. The van der Waals surface area contributed by atoms with Crippen molar-refractivity contribution < 1.29 is 17.6 Å². The Labute approximate surface area is 161 Å². The number of nitrogens with zero attached hydrogens (tertiary/aromatic N) is 2. The van der Waals surface area contributed by atoms with E-state index in [1.165, 1.54) is 23.9 Å². The summed E-state index contributed by atoms with van der Waals surface area (Å²) in [4.78, 5) is 12.1. The number of hydrogen-bond acceptors (Lipinski definition) is 7. The molecule has 1 amide bonds. The first kappa shape index (κ1) is 19.1. The van der Waals surface area contributed by atoms with E-state index in [1.54, 1.807) is 18.2 Å². The summed E-state index contributed by atoms with van der Waals surface area (Å²) in [6.45, 7) is 0. The molecule has 0 bridgehead atoms. The molecule has 3 rings (SSSR count).